The summed E-state index contributed by atoms with van der Waals surface area (Å²) in [6.45, 7) is 4.39. The minimum absolute atomic E-state index is 0.0814. The number of hydrogen-bond acceptors (Lipinski definition) is 7. The molecule has 164 valence electrons. The molecule has 0 saturated carbocycles. The lowest BCUT2D eigenvalue weighted by molar-refractivity contribution is 0.0691. The van der Waals surface area contributed by atoms with Gasteiger partial charge in [0, 0.05) is 12.1 Å². The number of aromatic nitrogens is 3. The number of alkyl halides is 1. The number of aryl methyl sites for hydroxylation is 1. The van der Waals surface area contributed by atoms with E-state index in [1.165, 1.54) is 6.07 Å². The molecule has 0 unspecified atom stereocenters. The maximum Gasteiger partial charge on any atom is 0.356 e. The topological polar surface area (TPSA) is 115 Å². The first kappa shape index (κ1) is 21.7. The van der Waals surface area contributed by atoms with Crippen molar-refractivity contribution in [1.29, 1.82) is 5.26 Å². The molecule has 0 aliphatic carbocycles. The van der Waals surface area contributed by atoms with Crippen molar-refractivity contribution in [1.82, 2.24) is 15.0 Å². The van der Waals surface area contributed by atoms with Crippen molar-refractivity contribution in [2.75, 3.05) is 23.3 Å². The molecule has 0 bridgehead atoms. The number of carbonyl (C=O) groups is 1. The van der Waals surface area contributed by atoms with Gasteiger partial charge in [0.2, 0.25) is 0 Å². The van der Waals surface area contributed by atoms with Crippen LogP contribution >= 0.6 is 11.6 Å². The molecule has 32 heavy (non-hydrogen) atoms. The minimum atomic E-state index is -1.20. The van der Waals surface area contributed by atoms with E-state index in [-0.39, 0.29) is 29.1 Å². The van der Waals surface area contributed by atoms with Crippen molar-refractivity contribution in [3.05, 3.63) is 51.9 Å². The molecule has 1 fully saturated rings. The van der Waals surface area contributed by atoms with E-state index >= 15 is 0 Å². The molecule has 2 N–H and O–H groups in total. The summed E-state index contributed by atoms with van der Waals surface area (Å²) >= 11 is 5.85. The summed E-state index contributed by atoms with van der Waals surface area (Å²) in [7, 11) is 0. The zero-order valence-electron chi connectivity index (χ0n) is 17.4. The Balaban J connectivity index is 1.80. The van der Waals surface area contributed by atoms with E-state index in [0.717, 1.165) is 11.1 Å². The lowest BCUT2D eigenvalue weighted by Crippen LogP contribution is -2.23. The van der Waals surface area contributed by atoms with E-state index in [4.69, 9.17) is 16.6 Å². The van der Waals surface area contributed by atoms with Crippen molar-refractivity contribution >= 4 is 40.1 Å². The maximum atomic E-state index is 13.8. The number of rotatable bonds is 5. The van der Waals surface area contributed by atoms with Gasteiger partial charge in [-0.2, -0.15) is 5.26 Å². The number of halogens is 2. The lowest BCUT2D eigenvalue weighted by atomic mass is 10.0. The van der Waals surface area contributed by atoms with Gasteiger partial charge in [-0.05, 0) is 44.0 Å². The van der Waals surface area contributed by atoms with Gasteiger partial charge in [0.25, 0.3) is 0 Å². The molecule has 1 aliphatic rings. The van der Waals surface area contributed by atoms with Crippen LogP contribution in [-0.4, -0.2) is 45.3 Å². The number of benzene rings is 1. The molecule has 1 aromatic carbocycles. The fourth-order valence-corrected chi connectivity index (χ4v) is 4.03. The Hall–Kier alpha value is -3.51. The summed E-state index contributed by atoms with van der Waals surface area (Å²) in [6.07, 6.45) is -0.589. The van der Waals surface area contributed by atoms with Crippen LogP contribution in [0.3, 0.4) is 0 Å². The minimum Gasteiger partial charge on any atom is -0.476 e. The predicted molar refractivity (Wildman–Crippen MR) is 119 cm³/mol. The van der Waals surface area contributed by atoms with E-state index < -0.39 is 12.1 Å². The van der Waals surface area contributed by atoms with Crippen LogP contribution in [-0.2, 0) is 0 Å². The second-order valence-electron chi connectivity index (χ2n) is 7.76. The van der Waals surface area contributed by atoms with Crippen molar-refractivity contribution < 1.29 is 14.3 Å². The first-order valence-corrected chi connectivity index (χ1v) is 10.4. The quantitative estimate of drug-likeness (QED) is 0.549. The first-order valence-electron chi connectivity index (χ1n) is 10.0. The average molecular weight is 455 g/mol. The largest absolute Gasteiger partial charge is 0.476 e. The molecule has 1 aliphatic heterocycles. The van der Waals surface area contributed by atoms with E-state index in [1.54, 1.807) is 11.0 Å². The van der Waals surface area contributed by atoms with Crippen molar-refractivity contribution in [2.45, 2.75) is 32.5 Å². The van der Waals surface area contributed by atoms with Crippen molar-refractivity contribution in [2.24, 2.45) is 0 Å². The number of nitrogens with zero attached hydrogens (tertiary/aromatic N) is 5. The van der Waals surface area contributed by atoms with Gasteiger partial charge in [-0.1, -0.05) is 17.7 Å². The number of fused-ring (bicyclic) bond motifs is 1. The zero-order chi connectivity index (χ0) is 23.0. The van der Waals surface area contributed by atoms with Crippen LogP contribution in [0.15, 0.2) is 24.3 Å². The smallest absolute Gasteiger partial charge is 0.356 e. The van der Waals surface area contributed by atoms with Gasteiger partial charge in [-0.25, -0.2) is 24.1 Å². The fraction of sp³-hybridized carbons (Fsp3) is 0.318. The second kappa shape index (κ2) is 8.55. The van der Waals surface area contributed by atoms with Crippen LogP contribution in [0.25, 0.3) is 11.0 Å². The standard InChI is InChI=1S/C22H20ClFN6O2/c1-11-7-14(12(2)26-15-3-4-18(23)28-20(15)22(31)32)19-16(8-11)27-17(9-25)21(29-19)30-6-5-13(24)10-30/h3-4,7-8,12-13,26H,5-6,10H2,1-2H3,(H,31,32)/t12-,13+/m1/s1. The molecule has 3 aromatic rings. The second-order valence-corrected chi connectivity index (χ2v) is 8.15. The molecule has 3 heterocycles. The highest BCUT2D eigenvalue weighted by molar-refractivity contribution is 6.29. The van der Waals surface area contributed by atoms with Crippen LogP contribution in [0.2, 0.25) is 5.15 Å². The number of carboxylic acid groups (broad SMARTS) is 1. The Bertz CT molecular complexity index is 1260. The molecular formula is C22H20ClFN6O2. The number of nitriles is 1. The van der Waals surface area contributed by atoms with Gasteiger partial charge in [0.15, 0.2) is 17.2 Å². The lowest BCUT2D eigenvalue weighted by Gasteiger charge is -2.21. The highest BCUT2D eigenvalue weighted by atomic mass is 35.5. The van der Waals surface area contributed by atoms with Crippen LogP contribution < -0.4 is 10.2 Å². The van der Waals surface area contributed by atoms with E-state index in [2.05, 4.69) is 21.4 Å². The van der Waals surface area contributed by atoms with Crippen LogP contribution in [0.5, 0.6) is 0 Å². The van der Waals surface area contributed by atoms with Gasteiger partial charge in [-0.3, -0.25) is 0 Å². The van der Waals surface area contributed by atoms with E-state index in [9.17, 15) is 19.6 Å². The number of hydrogen-bond donors (Lipinski definition) is 2. The van der Waals surface area contributed by atoms with E-state index in [1.807, 2.05) is 26.0 Å². The molecule has 2 aromatic heterocycles. The van der Waals surface area contributed by atoms with Gasteiger partial charge in [0.1, 0.15) is 17.4 Å². The third kappa shape index (κ3) is 4.14. The Morgan fingerprint density at radius 2 is 2.16 bits per heavy atom. The summed E-state index contributed by atoms with van der Waals surface area (Å²) in [6, 6.07) is 8.53. The third-order valence-corrected chi connectivity index (χ3v) is 5.57. The molecule has 10 heteroatoms. The van der Waals surface area contributed by atoms with Gasteiger partial charge in [-0.15, -0.1) is 0 Å². The highest BCUT2D eigenvalue weighted by Gasteiger charge is 2.27. The molecule has 8 nitrogen and oxygen atoms in total. The highest BCUT2D eigenvalue weighted by Crippen LogP contribution is 2.31. The summed E-state index contributed by atoms with van der Waals surface area (Å²) in [5, 5.41) is 22.3. The molecule has 2 atom stereocenters. The number of pyridine rings is 1. The number of nitrogens with one attached hydrogen (secondary N) is 1. The third-order valence-electron chi connectivity index (χ3n) is 5.36. The van der Waals surface area contributed by atoms with Crippen LogP contribution in [0, 0.1) is 18.3 Å². The van der Waals surface area contributed by atoms with Crippen LogP contribution in [0.4, 0.5) is 15.9 Å². The zero-order valence-corrected chi connectivity index (χ0v) is 18.2. The predicted octanol–water partition coefficient (Wildman–Crippen LogP) is 4.28. The number of aromatic carboxylic acids is 1. The monoisotopic (exact) mass is 454 g/mol. The summed E-state index contributed by atoms with van der Waals surface area (Å²) in [5.41, 5.74) is 3.05. The number of anilines is 2. The first-order chi connectivity index (χ1) is 15.3. The molecular weight excluding hydrogens is 435 g/mol. The molecule has 0 spiro atoms. The molecule has 0 amide bonds. The Labute approximate surface area is 188 Å². The SMILES string of the molecule is Cc1cc([C@@H](C)Nc2ccc(Cl)nc2C(=O)O)c2nc(N3CC[C@H](F)C3)c(C#N)nc2c1. The summed E-state index contributed by atoms with van der Waals surface area (Å²) in [5.74, 6) is -0.844. The Kier molecular flexibility index (Phi) is 5.80. The normalized spacial score (nSPS) is 16.7. The van der Waals surface area contributed by atoms with Crippen LogP contribution in [0.1, 0.15) is 46.7 Å². The molecule has 0 radical (unpaired) electrons. The summed E-state index contributed by atoms with van der Waals surface area (Å²) < 4.78 is 13.8. The van der Waals surface area contributed by atoms with Crippen molar-refractivity contribution in [3.8, 4) is 6.07 Å². The fourth-order valence-electron chi connectivity index (χ4n) is 3.88. The summed E-state index contributed by atoms with van der Waals surface area (Å²) in [4.78, 5) is 26.4. The Morgan fingerprint density at radius 1 is 1.38 bits per heavy atom. The average Bonchev–Trinajstić information content (AvgIpc) is 3.19. The van der Waals surface area contributed by atoms with Gasteiger partial charge in [0.05, 0.1) is 29.3 Å². The molecule has 4 rings (SSSR count). The molecule has 1 saturated heterocycles. The maximum absolute atomic E-state index is 13.8. The van der Waals surface area contributed by atoms with Gasteiger partial charge >= 0.3 is 5.97 Å². The number of carboxylic acids is 1. The van der Waals surface area contributed by atoms with E-state index in [0.29, 0.717) is 35.5 Å². The van der Waals surface area contributed by atoms with Gasteiger partial charge < -0.3 is 15.3 Å². The Morgan fingerprint density at radius 3 is 2.81 bits per heavy atom. The van der Waals surface area contributed by atoms with Crippen molar-refractivity contribution in [3.63, 3.8) is 0 Å².